The van der Waals surface area contributed by atoms with E-state index in [1.165, 1.54) is 0 Å². The molecule has 0 saturated carbocycles. The Hall–Kier alpha value is -0.940. The third kappa shape index (κ3) is 3.12. The van der Waals surface area contributed by atoms with Gasteiger partial charge in [-0.2, -0.15) is 5.10 Å². The average molecular weight is 183 g/mol. The maximum atomic E-state index is 4.17. The zero-order chi connectivity index (χ0) is 9.68. The Labute approximate surface area is 78.7 Å². The van der Waals surface area contributed by atoms with E-state index in [0.29, 0.717) is 0 Å². The molecule has 74 valence electrons. The van der Waals surface area contributed by atoms with Gasteiger partial charge in [0.15, 0.2) is 0 Å². The monoisotopic (exact) mass is 183 g/mol. The van der Waals surface area contributed by atoms with Gasteiger partial charge in [0.1, 0.15) is 12.2 Å². The summed E-state index contributed by atoms with van der Waals surface area (Å²) in [6, 6.07) is 0. The third-order valence-corrected chi connectivity index (χ3v) is 1.68. The predicted octanol–water partition coefficient (Wildman–Crippen LogP) is 0.254. The number of hydrogen-bond donors (Lipinski definition) is 1. The van der Waals surface area contributed by atoms with E-state index in [1.807, 2.05) is 23.8 Å². The molecular formula is C8H17N5. The van der Waals surface area contributed by atoms with Gasteiger partial charge in [-0.3, -0.25) is 5.01 Å². The van der Waals surface area contributed by atoms with Crippen molar-refractivity contribution in [2.75, 3.05) is 14.1 Å². The zero-order valence-electron chi connectivity index (χ0n) is 8.49. The van der Waals surface area contributed by atoms with E-state index < -0.39 is 0 Å². The van der Waals surface area contributed by atoms with Gasteiger partial charge < -0.3 is 0 Å². The minimum Gasteiger partial charge on any atom is -0.250 e. The number of aromatic nitrogens is 3. The van der Waals surface area contributed by atoms with Crippen LogP contribution in [0.15, 0.2) is 6.33 Å². The Bertz CT molecular complexity index is 242. The number of hydrogen-bond acceptors (Lipinski definition) is 4. The number of nitrogens with zero attached hydrogens (tertiary/aromatic N) is 4. The van der Waals surface area contributed by atoms with Crippen LogP contribution in [-0.2, 0) is 13.1 Å². The van der Waals surface area contributed by atoms with E-state index in [-0.39, 0.29) is 0 Å². The summed E-state index contributed by atoms with van der Waals surface area (Å²) in [4.78, 5) is 4.17. The first-order valence-corrected chi connectivity index (χ1v) is 4.51. The molecule has 13 heavy (non-hydrogen) atoms. The van der Waals surface area contributed by atoms with Crippen LogP contribution >= 0.6 is 0 Å². The van der Waals surface area contributed by atoms with Crippen molar-refractivity contribution < 1.29 is 0 Å². The minimum absolute atomic E-state index is 0.729. The third-order valence-electron chi connectivity index (χ3n) is 1.68. The highest BCUT2D eigenvalue weighted by Crippen LogP contribution is 1.95. The zero-order valence-corrected chi connectivity index (χ0v) is 8.49. The molecule has 1 aromatic rings. The van der Waals surface area contributed by atoms with Crippen LogP contribution in [0.2, 0.25) is 0 Å². The molecule has 5 nitrogen and oxygen atoms in total. The molecule has 1 rings (SSSR count). The molecule has 0 saturated heterocycles. The molecule has 0 bridgehead atoms. The Morgan fingerprint density at radius 1 is 1.54 bits per heavy atom. The summed E-state index contributed by atoms with van der Waals surface area (Å²) in [6.45, 7) is 3.79. The molecule has 1 aromatic heterocycles. The molecule has 0 fully saturated rings. The number of aryl methyl sites for hydroxylation is 1. The highest BCUT2D eigenvalue weighted by Gasteiger charge is 2.02. The molecule has 0 unspecified atom stereocenters. The van der Waals surface area contributed by atoms with Gasteiger partial charge in [-0.25, -0.2) is 15.1 Å². The lowest BCUT2D eigenvalue weighted by atomic mass is 10.5. The van der Waals surface area contributed by atoms with Crippen LogP contribution in [0.3, 0.4) is 0 Å². The predicted molar refractivity (Wildman–Crippen MR) is 50.8 cm³/mol. The van der Waals surface area contributed by atoms with Crippen molar-refractivity contribution in [1.82, 2.24) is 25.2 Å². The molecule has 0 aliphatic carbocycles. The van der Waals surface area contributed by atoms with Crippen LogP contribution in [-0.4, -0.2) is 33.9 Å². The highest BCUT2D eigenvalue weighted by molar-refractivity contribution is 4.82. The average Bonchev–Trinajstić information content (AvgIpc) is 2.49. The summed E-state index contributed by atoms with van der Waals surface area (Å²) >= 11 is 0. The summed E-state index contributed by atoms with van der Waals surface area (Å²) in [5.74, 6) is 0.982. The quantitative estimate of drug-likeness (QED) is 0.665. The lowest BCUT2D eigenvalue weighted by molar-refractivity contribution is 0.278. The van der Waals surface area contributed by atoms with Crippen LogP contribution in [0.1, 0.15) is 19.2 Å². The second-order valence-electron chi connectivity index (χ2n) is 3.13. The number of hydrazine groups is 1. The SMILES string of the molecule is CCCn1ncnc1CNN(C)C. The summed E-state index contributed by atoms with van der Waals surface area (Å²) in [5, 5.41) is 6.04. The minimum atomic E-state index is 0.729. The topological polar surface area (TPSA) is 46.0 Å². The van der Waals surface area contributed by atoms with Crippen LogP contribution < -0.4 is 5.43 Å². The number of nitrogens with one attached hydrogen (secondary N) is 1. The van der Waals surface area contributed by atoms with E-state index >= 15 is 0 Å². The molecule has 1 heterocycles. The Morgan fingerprint density at radius 2 is 2.31 bits per heavy atom. The normalized spacial score (nSPS) is 11.1. The summed E-state index contributed by atoms with van der Waals surface area (Å²) in [6.07, 6.45) is 2.68. The molecule has 0 spiro atoms. The van der Waals surface area contributed by atoms with Crippen LogP contribution in [0.4, 0.5) is 0 Å². The fourth-order valence-corrected chi connectivity index (χ4v) is 1.05. The van der Waals surface area contributed by atoms with Gasteiger partial charge in [0.05, 0.1) is 6.54 Å². The Balaban J connectivity index is 2.49. The summed E-state index contributed by atoms with van der Waals surface area (Å²) in [7, 11) is 3.92. The molecular weight excluding hydrogens is 166 g/mol. The van der Waals surface area contributed by atoms with Gasteiger partial charge in [0.25, 0.3) is 0 Å². The van der Waals surface area contributed by atoms with Crippen molar-refractivity contribution >= 4 is 0 Å². The van der Waals surface area contributed by atoms with Gasteiger partial charge in [-0.1, -0.05) is 6.92 Å². The second kappa shape index (κ2) is 4.94. The highest BCUT2D eigenvalue weighted by atomic mass is 15.5. The van der Waals surface area contributed by atoms with Crippen molar-refractivity contribution in [2.45, 2.75) is 26.4 Å². The van der Waals surface area contributed by atoms with Crippen molar-refractivity contribution in [3.05, 3.63) is 12.2 Å². The first-order valence-electron chi connectivity index (χ1n) is 4.51. The molecule has 0 radical (unpaired) electrons. The molecule has 1 N–H and O–H groups in total. The molecule has 0 atom stereocenters. The van der Waals surface area contributed by atoms with Crippen molar-refractivity contribution in [1.29, 1.82) is 0 Å². The molecule has 0 aromatic carbocycles. The fourth-order valence-electron chi connectivity index (χ4n) is 1.05. The molecule has 0 aliphatic heterocycles. The van der Waals surface area contributed by atoms with E-state index in [1.54, 1.807) is 6.33 Å². The van der Waals surface area contributed by atoms with Crippen LogP contribution in [0, 0.1) is 0 Å². The van der Waals surface area contributed by atoms with Crippen molar-refractivity contribution in [3.63, 3.8) is 0 Å². The van der Waals surface area contributed by atoms with E-state index in [4.69, 9.17) is 0 Å². The van der Waals surface area contributed by atoms with E-state index in [9.17, 15) is 0 Å². The smallest absolute Gasteiger partial charge is 0.142 e. The maximum Gasteiger partial charge on any atom is 0.142 e. The maximum absolute atomic E-state index is 4.17. The van der Waals surface area contributed by atoms with Gasteiger partial charge in [-0.05, 0) is 6.42 Å². The second-order valence-corrected chi connectivity index (χ2v) is 3.13. The van der Waals surface area contributed by atoms with Gasteiger partial charge in [0, 0.05) is 20.6 Å². The lowest BCUT2D eigenvalue weighted by Crippen LogP contribution is -2.31. The summed E-state index contributed by atoms with van der Waals surface area (Å²) in [5.41, 5.74) is 3.16. The lowest BCUT2D eigenvalue weighted by Gasteiger charge is -2.11. The molecule has 0 aliphatic rings. The Kier molecular flexibility index (Phi) is 3.85. The van der Waals surface area contributed by atoms with E-state index in [0.717, 1.165) is 25.3 Å². The molecule has 0 amide bonds. The van der Waals surface area contributed by atoms with Crippen LogP contribution in [0.5, 0.6) is 0 Å². The van der Waals surface area contributed by atoms with Crippen molar-refractivity contribution in [3.8, 4) is 0 Å². The summed E-state index contributed by atoms with van der Waals surface area (Å²) < 4.78 is 1.93. The Morgan fingerprint density at radius 3 is 2.92 bits per heavy atom. The van der Waals surface area contributed by atoms with Gasteiger partial charge in [0.2, 0.25) is 0 Å². The first-order chi connectivity index (χ1) is 6.24. The van der Waals surface area contributed by atoms with E-state index in [2.05, 4.69) is 22.4 Å². The van der Waals surface area contributed by atoms with Crippen molar-refractivity contribution in [2.24, 2.45) is 0 Å². The van der Waals surface area contributed by atoms with Gasteiger partial charge >= 0.3 is 0 Å². The standard InChI is InChI=1S/C8H17N5/c1-4-5-13-8(9-7-11-13)6-10-12(2)3/h7,10H,4-6H2,1-3H3. The fraction of sp³-hybridized carbons (Fsp3) is 0.750. The van der Waals surface area contributed by atoms with Crippen LogP contribution in [0.25, 0.3) is 0 Å². The first kappa shape index (κ1) is 10.1. The largest absolute Gasteiger partial charge is 0.250 e. The van der Waals surface area contributed by atoms with Gasteiger partial charge in [-0.15, -0.1) is 0 Å². The molecule has 5 heteroatoms. The number of rotatable bonds is 5.